The molecule has 0 aliphatic rings. The molecule has 0 radical (unpaired) electrons. The number of hydrogen-bond donors (Lipinski definition) is 0. The topological polar surface area (TPSA) is 26.3 Å². The van der Waals surface area contributed by atoms with Gasteiger partial charge in [0.1, 0.15) is 6.10 Å². The SMILES string of the molecule is C=CC(=O)OC(c1ccccc1)C(C)(C)C. The summed E-state index contributed by atoms with van der Waals surface area (Å²) in [5.74, 6) is -0.385. The smallest absolute Gasteiger partial charge is 0.330 e. The van der Waals surface area contributed by atoms with Crippen LogP contribution < -0.4 is 0 Å². The molecular formula is C14H18O2. The van der Waals surface area contributed by atoms with Crippen LogP contribution in [0.15, 0.2) is 43.0 Å². The number of carbonyl (C=O) groups excluding carboxylic acids is 1. The number of esters is 1. The van der Waals surface area contributed by atoms with Crippen molar-refractivity contribution in [2.24, 2.45) is 5.41 Å². The van der Waals surface area contributed by atoms with E-state index in [0.717, 1.165) is 5.56 Å². The van der Waals surface area contributed by atoms with Gasteiger partial charge in [-0.25, -0.2) is 4.79 Å². The molecule has 2 nitrogen and oxygen atoms in total. The van der Waals surface area contributed by atoms with E-state index in [1.165, 1.54) is 6.08 Å². The fourth-order valence-electron chi connectivity index (χ4n) is 1.54. The highest BCUT2D eigenvalue weighted by atomic mass is 16.5. The van der Waals surface area contributed by atoms with Gasteiger partial charge < -0.3 is 4.74 Å². The van der Waals surface area contributed by atoms with Crippen LogP contribution in [0.3, 0.4) is 0 Å². The fourth-order valence-corrected chi connectivity index (χ4v) is 1.54. The maximum Gasteiger partial charge on any atom is 0.330 e. The Morgan fingerprint density at radius 3 is 2.31 bits per heavy atom. The summed E-state index contributed by atoms with van der Waals surface area (Å²) in [4.78, 5) is 11.3. The monoisotopic (exact) mass is 218 g/mol. The average Bonchev–Trinajstić information content (AvgIpc) is 2.25. The summed E-state index contributed by atoms with van der Waals surface area (Å²) >= 11 is 0. The van der Waals surface area contributed by atoms with Gasteiger partial charge in [-0.15, -0.1) is 0 Å². The predicted molar refractivity (Wildman–Crippen MR) is 64.9 cm³/mol. The molecule has 2 heteroatoms. The van der Waals surface area contributed by atoms with Gasteiger partial charge in [0.15, 0.2) is 0 Å². The van der Waals surface area contributed by atoms with Crippen molar-refractivity contribution in [1.29, 1.82) is 0 Å². The Hall–Kier alpha value is -1.57. The van der Waals surface area contributed by atoms with Crippen LogP contribution in [0, 0.1) is 5.41 Å². The molecule has 1 aromatic carbocycles. The Morgan fingerprint density at radius 2 is 1.88 bits per heavy atom. The molecule has 1 unspecified atom stereocenters. The van der Waals surface area contributed by atoms with Crippen molar-refractivity contribution in [3.63, 3.8) is 0 Å². The second kappa shape index (κ2) is 4.97. The van der Waals surface area contributed by atoms with Crippen LogP contribution in [0.5, 0.6) is 0 Å². The molecule has 0 aliphatic carbocycles. The summed E-state index contributed by atoms with van der Waals surface area (Å²) in [7, 11) is 0. The third kappa shape index (κ3) is 3.23. The van der Waals surface area contributed by atoms with Gasteiger partial charge in [0.2, 0.25) is 0 Å². The molecule has 0 bridgehead atoms. The number of rotatable bonds is 3. The van der Waals surface area contributed by atoms with Crippen LogP contribution in [0.2, 0.25) is 0 Å². The molecule has 1 aromatic rings. The summed E-state index contributed by atoms with van der Waals surface area (Å²) < 4.78 is 5.39. The van der Waals surface area contributed by atoms with Crippen molar-refractivity contribution in [2.45, 2.75) is 26.9 Å². The largest absolute Gasteiger partial charge is 0.454 e. The molecular weight excluding hydrogens is 200 g/mol. The van der Waals surface area contributed by atoms with E-state index in [-0.39, 0.29) is 17.5 Å². The summed E-state index contributed by atoms with van der Waals surface area (Å²) in [6.45, 7) is 9.54. The zero-order valence-electron chi connectivity index (χ0n) is 10.1. The van der Waals surface area contributed by atoms with Gasteiger partial charge >= 0.3 is 5.97 Å². The zero-order chi connectivity index (χ0) is 12.2. The number of carbonyl (C=O) groups is 1. The van der Waals surface area contributed by atoms with E-state index in [2.05, 4.69) is 6.58 Å². The minimum Gasteiger partial charge on any atom is -0.454 e. The highest BCUT2D eigenvalue weighted by Gasteiger charge is 2.29. The van der Waals surface area contributed by atoms with Gasteiger partial charge in [-0.3, -0.25) is 0 Å². The van der Waals surface area contributed by atoms with Gasteiger partial charge in [-0.2, -0.15) is 0 Å². The zero-order valence-corrected chi connectivity index (χ0v) is 10.1. The van der Waals surface area contributed by atoms with E-state index in [9.17, 15) is 4.79 Å². The Morgan fingerprint density at radius 1 is 1.31 bits per heavy atom. The van der Waals surface area contributed by atoms with Crippen molar-refractivity contribution in [3.05, 3.63) is 48.6 Å². The molecule has 0 amide bonds. The second-order valence-electron chi connectivity index (χ2n) is 4.80. The molecule has 1 rings (SSSR count). The summed E-state index contributed by atoms with van der Waals surface area (Å²) in [6, 6.07) is 9.75. The molecule has 0 aromatic heterocycles. The van der Waals surface area contributed by atoms with Crippen molar-refractivity contribution in [1.82, 2.24) is 0 Å². The van der Waals surface area contributed by atoms with Crippen molar-refractivity contribution in [2.75, 3.05) is 0 Å². The lowest BCUT2D eigenvalue weighted by molar-refractivity contribution is -0.149. The van der Waals surface area contributed by atoms with Gasteiger partial charge in [-0.05, 0) is 5.56 Å². The molecule has 16 heavy (non-hydrogen) atoms. The van der Waals surface area contributed by atoms with Crippen molar-refractivity contribution < 1.29 is 9.53 Å². The average molecular weight is 218 g/mol. The molecule has 0 saturated heterocycles. The molecule has 1 atom stereocenters. The van der Waals surface area contributed by atoms with Crippen molar-refractivity contribution in [3.8, 4) is 0 Å². The lowest BCUT2D eigenvalue weighted by Gasteiger charge is -2.30. The van der Waals surface area contributed by atoms with Crippen molar-refractivity contribution >= 4 is 5.97 Å². The fraction of sp³-hybridized carbons (Fsp3) is 0.357. The molecule has 0 fully saturated rings. The predicted octanol–water partition coefficient (Wildman–Crippen LogP) is 3.50. The third-order valence-corrected chi connectivity index (χ3v) is 2.29. The number of benzene rings is 1. The highest BCUT2D eigenvalue weighted by molar-refractivity contribution is 5.81. The van der Waals surface area contributed by atoms with E-state index in [1.807, 2.05) is 51.1 Å². The van der Waals surface area contributed by atoms with E-state index in [4.69, 9.17) is 4.74 Å². The summed E-state index contributed by atoms with van der Waals surface area (Å²) in [6.07, 6.45) is 0.945. The molecule has 86 valence electrons. The van der Waals surface area contributed by atoms with E-state index >= 15 is 0 Å². The normalized spacial score (nSPS) is 12.9. The molecule has 0 saturated carbocycles. The Balaban J connectivity index is 2.97. The maximum absolute atomic E-state index is 11.3. The first kappa shape index (κ1) is 12.5. The second-order valence-corrected chi connectivity index (χ2v) is 4.80. The Bertz CT molecular complexity index is 360. The number of ether oxygens (including phenoxy) is 1. The Labute approximate surface area is 96.9 Å². The van der Waals surface area contributed by atoms with E-state index < -0.39 is 0 Å². The van der Waals surface area contributed by atoms with E-state index in [0.29, 0.717) is 0 Å². The first-order chi connectivity index (χ1) is 7.45. The van der Waals surface area contributed by atoms with Crippen LogP contribution in [0.25, 0.3) is 0 Å². The summed E-state index contributed by atoms with van der Waals surface area (Å²) in [5.41, 5.74) is 0.866. The van der Waals surface area contributed by atoms with Gasteiger partial charge in [-0.1, -0.05) is 57.7 Å². The van der Waals surface area contributed by atoms with Crippen LogP contribution in [-0.2, 0) is 9.53 Å². The number of hydrogen-bond acceptors (Lipinski definition) is 2. The van der Waals surface area contributed by atoms with Crippen LogP contribution in [0.4, 0.5) is 0 Å². The van der Waals surface area contributed by atoms with Gasteiger partial charge in [0, 0.05) is 11.5 Å². The van der Waals surface area contributed by atoms with Gasteiger partial charge in [0.25, 0.3) is 0 Å². The lowest BCUT2D eigenvalue weighted by Crippen LogP contribution is -2.23. The Kier molecular flexibility index (Phi) is 3.88. The quantitative estimate of drug-likeness (QED) is 0.573. The van der Waals surface area contributed by atoms with Crippen LogP contribution >= 0.6 is 0 Å². The van der Waals surface area contributed by atoms with E-state index in [1.54, 1.807) is 0 Å². The van der Waals surface area contributed by atoms with Crippen LogP contribution in [0.1, 0.15) is 32.4 Å². The summed E-state index contributed by atoms with van der Waals surface area (Å²) in [5, 5.41) is 0. The maximum atomic E-state index is 11.3. The van der Waals surface area contributed by atoms with Crippen LogP contribution in [-0.4, -0.2) is 5.97 Å². The first-order valence-electron chi connectivity index (χ1n) is 5.33. The molecule has 0 spiro atoms. The highest BCUT2D eigenvalue weighted by Crippen LogP contribution is 2.35. The lowest BCUT2D eigenvalue weighted by atomic mass is 9.84. The first-order valence-corrected chi connectivity index (χ1v) is 5.33. The third-order valence-electron chi connectivity index (χ3n) is 2.29. The van der Waals surface area contributed by atoms with Gasteiger partial charge in [0.05, 0.1) is 0 Å². The molecule has 0 N–H and O–H groups in total. The standard InChI is InChI=1S/C14H18O2/c1-5-12(15)16-13(14(2,3)4)11-9-7-6-8-10-11/h5-10,13H,1H2,2-4H3. The molecule has 0 aliphatic heterocycles. The molecule has 0 heterocycles. The minimum atomic E-state index is -0.385. The minimum absolute atomic E-state index is 0.139.